The molecule has 24 heavy (non-hydrogen) atoms. The van der Waals surface area contributed by atoms with E-state index in [0.717, 1.165) is 0 Å². The molecule has 5 nitrogen and oxygen atoms in total. The van der Waals surface area contributed by atoms with Crippen molar-refractivity contribution in [3.63, 3.8) is 0 Å². The number of aromatic nitrogens is 1. The van der Waals surface area contributed by atoms with Gasteiger partial charge in [0.1, 0.15) is 5.75 Å². The van der Waals surface area contributed by atoms with E-state index < -0.39 is 16.5 Å². The number of phenols is 1. The first kappa shape index (κ1) is 16.1. The lowest BCUT2D eigenvalue weighted by molar-refractivity contribution is 0.100. The summed E-state index contributed by atoms with van der Waals surface area (Å²) in [4.78, 5) is 16.3. The molecule has 2 aromatic rings. The summed E-state index contributed by atoms with van der Waals surface area (Å²) in [7, 11) is -1.63. The van der Waals surface area contributed by atoms with E-state index in [1.54, 1.807) is 48.7 Å². The molecule has 1 heterocycles. The zero-order valence-electron chi connectivity index (χ0n) is 12.7. The maximum atomic E-state index is 12.3. The first-order valence-electron chi connectivity index (χ1n) is 7.38. The van der Waals surface area contributed by atoms with E-state index in [0.29, 0.717) is 17.5 Å². The maximum absolute atomic E-state index is 12.3. The van der Waals surface area contributed by atoms with Crippen LogP contribution in [0.1, 0.15) is 16.8 Å². The zero-order chi connectivity index (χ0) is 16.9. The quantitative estimate of drug-likeness (QED) is 0.866. The highest BCUT2D eigenvalue weighted by atomic mass is 32.2. The molecule has 3 rings (SSSR count). The van der Waals surface area contributed by atoms with E-state index in [9.17, 15) is 14.1 Å². The Morgan fingerprint density at radius 1 is 1.25 bits per heavy atom. The Morgan fingerprint density at radius 3 is 2.83 bits per heavy atom. The largest absolute Gasteiger partial charge is 0.507 e. The summed E-state index contributed by atoms with van der Waals surface area (Å²) < 4.78 is 15.9. The van der Waals surface area contributed by atoms with Crippen LogP contribution in [0.3, 0.4) is 0 Å². The van der Waals surface area contributed by atoms with Gasteiger partial charge in [0.05, 0.1) is 5.56 Å². The Bertz CT molecular complexity index is 912. The van der Waals surface area contributed by atoms with Crippen LogP contribution in [0.4, 0.5) is 0 Å². The number of phenolic OH excluding ortho intramolecular Hbond substituents is 1. The molecule has 0 saturated carbocycles. The number of para-hydroxylation sites is 1. The molecule has 0 aliphatic heterocycles. The third-order valence-electron chi connectivity index (χ3n) is 3.57. The van der Waals surface area contributed by atoms with E-state index in [2.05, 4.69) is 9.35 Å². The number of nitrogens with zero attached hydrogens (tertiary/aromatic N) is 2. The summed E-state index contributed by atoms with van der Waals surface area (Å²) in [5.74, 6) is -0.482. The lowest BCUT2D eigenvalue weighted by atomic mass is 10.1. The minimum atomic E-state index is -1.63. The first-order valence-corrected chi connectivity index (χ1v) is 8.55. The summed E-state index contributed by atoms with van der Waals surface area (Å²) in [5.41, 5.74) is 1.40. The van der Waals surface area contributed by atoms with Crippen LogP contribution in [0.2, 0.25) is 0 Å². The second kappa shape index (κ2) is 7.23. The molecule has 1 atom stereocenters. The molecule has 0 spiro atoms. The van der Waals surface area contributed by atoms with Crippen molar-refractivity contribution in [1.82, 2.24) is 4.98 Å². The minimum absolute atomic E-state index is 0.101. The number of amides is 1. The number of carbonyl (C=O) groups is 1. The van der Waals surface area contributed by atoms with E-state index in [-0.39, 0.29) is 16.6 Å². The minimum Gasteiger partial charge on any atom is -0.507 e. The van der Waals surface area contributed by atoms with Crippen molar-refractivity contribution in [2.45, 2.75) is 11.7 Å². The van der Waals surface area contributed by atoms with Crippen molar-refractivity contribution in [2.75, 3.05) is 0 Å². The van der Waals surface area contributed by atoms with Gasteiger partial charge in [-0.1, -0.05) is 47.8 Å². The zero-order valence-corrected chi connectivity index (χ0v) is 13.5. The molecule has 0 saturated heterocycles. The second-order valence-electron chi connectivity index (χ2n) is 5.24. The fourth-order valence-corrected chi connectivity index (χ4v) is 3.24. The monoisotopic (exact) mass is 339 g/mol. The van der Waals surface area contributed by atoms with Crippen molar-refractivity contribution in [3.05, 3.63) is 72.6 Å². The number of hydrogen-bond donors (Lipinski definition) is 1. The van der Waals surface area contributed by atoms with Gasteiger partial charge in [-0.15, -0.1) is 0 Å². The predicted octanol–water partition coefficient (Wildman–Crippen LogP) is 3.63. The first-order chi connectivity index (χ1) is 11.6. The molecule has 0 radical (unpaired) electrons. The van der Waals surface area contributed by atoms with E-state index in [1.165, 1.54) is 6.20 Å². The van der Waals surface area contributed by atoms with Gasteiger partial charge >= 0.3 is 0 Å². The lowest BCUT2D eigenvalue weighted by Gasteiger charge is -2.15. The molecule has 6 heteroatoms. The Morgan fingerprint density at radius 2 is 2.08 bits per heavy atom. The molecule has 0 fully saturated rings. The molecular formula is C18H15N2O3S-. The third kappa shape index (κ3) is 3.60. The average Bonchev–Trinajstić information content (AvgIpc) is 2.63. The molecular weight excluding hydrogens is 324 g/mol. The number of pyridine rings is 1. The summed E-state index contributed by atoms with van der Waals surface area (Å²) in [6.07, 6.45) is 10.9. The van der Waals surface area contributed by atoms with Gasteiger partial charge in [0.15, 0.2) is 0 Å². The Labute approximate surface area is 141 Å². The van der Waals surface area contributed by atoms with Crippen molar-refractivity contribution < 1.29 is 14.1 Å². The molecule has 1 aromatic carbocycles. The van der Waals surface area contributed by atoms with Crippen LogP contribution in [0.5, 0.6) is 5.75 Å². The van der Waals surface area contributed by atoms with Gasteiger partial charge in [0.25, 0.3) is 5.91 Å². The molecule has 1 aliphatic rings. The van der Waals surface area contributed by atoms with Crippen LogP contribution in [0.15, 0.2) is 71.4 Å². The van der Waals surface area contributed by atoms with Crippen LogP contribution in [-0.2, 0) is 14.8 Å². The van der Waals surface area contributed by atoms with Crippen molar-refractivity contribution >= 4 is 16.5 Å². The maximum Gasteiger partial charge on any atom is 0.255 e. The summed E-state index contributed by atoms with van der Waals surface area (Å²) in [6, 6.07) is 8.38. The van der Waals surface area contributed by atoms with Gasteiger partial charge in [-0.25, -0.2) is 0 Å². The SMILES string of the molecule is O=C(N=[S-](=O)C1C=CC=CC1)c1cncc(-c2ccccc2O)c1. The van der Waals surface area contributed by atoms with Crippen LogP contribution >= 0.6 is 0 Å². The van der Waals surface area contributed by atoms with Crippen LogP contribution in [0, 0.1) is 0 Å². The average molecular weight is 339 g/mol. The third-order valence-corrected chi connectivity index (χ3v) is 4.79. The van der Waals surface area contributed by atoms with Gasteiger partial charge in [-0.3, -0.25) is 9.78 Å². The normalized spacial score (nSPS) is 17.8. The van der Waals surface area contributed by atoms with Crippen molar-refractivity contribution in [1.29, 1.82) is 0 Å². The van der Waals surface area contributed by atoms with Gasteiger partial charge in [0.2, 0.25) is 0 Å². The summed E-state index contributed by atoms with van der Waals surface area (Å²) >= 11 is 0. The highest BCUT2D eigenvalue weighted by molar-refractivity contribution is 7.76. The van der Waals surface area contributed by atoms with Gasteiger partial charge in [-0.05, 0) is 18.6 Å². The molecule has 1 aromatic heterocycles. The van der Waals surface area contributed by atoms with Gasteiger partial charge in [-0.2, -0.15) is 10.6 Å². The van der Waals surface area contributed by atoms with Crippen molar-refractivity contribution in [2.24, 2.45) is 4.36 Å². The Hall–Kier alpha value is -2.73. The molecule has 1 unspecified atom stereocenters. The Balaban J connectivity index is 1.87. The van der Waals surface area contributed by atoms with Crippen LogP contribution in [0.25, 0.3) is 11.1 Å². The fraction of sp³-hybridized carbons (Fsp3) is 0.111. The predicted molar refractivity (Wildman–Crippen MR) is 92.8 cm³/mol. The summed E-state index contributed by atoms with van der Waals surface area (Å²) in [6.45, 7) is 0. The smallest absolute Gasteiger partial charge is 0.255 e. The number of benzene rings is 1. The van der Waals surface area contributed by atoms with Gasteiger partial charge in [0, 0.05) is 23.5 Å². The number of carbonyl (C=O) groups excluding carboxylic acids is 1. The highest BCUT2D eigenvalue weighted by Crippen LogP contribution is 2.28. The number of aromatic hydroxyl groups is 1. The highest BCUT2D eigenvalue weighted by Gasteiger charge is 2.08. The number of allylic oxidation sites excluding steroid dienone is 3. The molecule has 1 amide bonds. The standard InChI is InChI=1S/C18H15N2O3S/c21-17-9-5-4-8-16(17)13-10-14(12-19-11-13)18(22)20-24(23)15-6-2-1-3-7-15/h1-6,8-12,15,21H,7H2/q-1. The van der Waals surface area contributed by atoms with E-state index in [4.69, 9.17) is 0 Å². The molecule has 1 N–H and O–H groups in total. The van der Waals surface area contributed by atoms with Gasteiger partial charge < -0.3 is 13.7 Å². The summed E-state index contributed by atoms with van der Waals surface area (Å²) in [5, 5.41) is 9.63. The topological polar surface area (TPSA) is 79.6 Å². The molecule has 1 aliphatic carbocycles. The second-order valence-corrected chi connectivity index (χ2v) is 6.58. The van der Waals surface area contributed by atoms with Crippen LogP contribution < -0.4 is 0 Å². The van der Waals surface area contributed by atoms with Crippen LogP contribution in [-0.4, -0.2) is 21.2 Å². The Kier molecular flexibility index (Phi) is 4.86. The fourth-order valence-electron chi connectivity index (χ4n) is 2.33. The van der Waals surface area contributed by atoms with E-state index in [1.807, 2.05) is 12.2 Å². The molecule has 0 bridgehead atoms. The van der Waals surface area contributed by atoms with Crippen molar-refractivity contribution in [3.8, 4) is 16.9 Å². The number of hydrogen-bond acceptors (Lipinski definition) is 5. The van der Waals surface area contributed by atoms with E-state index >= 15 is 0 Å². The number of rotatable bonds is 3. The molecule has 122 valence electrons. The lowest BCUT2D eigenvalue weighted by Crippen LogP contribution is -2.08.